The number of hydrogen-bond donors (Lipinski definition) is 0. The zero-order chi connectivity index (χ0) is 11.3. The van der Waals surface area contributed by atoms with Crippen LogP contribution in [-0.2, 0) is 0 Å². The van der Waals surface area contributed by atoms with Gasteiger partial charge in [0.25, 0.3) is 0 Å². The van der Waals surface area contributed by atoms with Crippen LogP contribution < -0.4 is 4.74 Å². The Morgan fingerprint density at radius 3 is 2.67 bits per heavy atom. The second-order valence-electron chi connectivity index (χ2n) is 3.12. The Morgan fingerprint density at radius 2 is 2.07 bits per heavy atom. The van der Waals surface area contributed by atoms with Crippen molar-refractivity contribution in [3.63, 3.8) is 0 Å². The summed E-state index contributed by atoms with van der Waals surface area (Å²) in [6, 6.07) is 2.13. The smallest absolute Gasteiger partial charge is 0.169 e. The molecule has 0 atom stereocenters. The highest BCUT2D eigenvalue weighted by atomic mass is 32.2. The summed E-state index contributed by atoms with van der Waals surface area (Å²) in [5.74, 6) is -1.03. The van der Waals surface area contributed by atoms with E-state index in [1.165, 1.54) is 17.8 Å². The maximum atomic E-state index is 13.3. The molecule has 4 heteroatoms. The van der Waals surface area contributed by atoms with Crippen LogP contribution in [0.1, 0.15) is 19.8 Å². The van der Waals surface area contributed by atoms with Crippen molar-refractivity contribution >= 4 is 11.8 Å². The summed E-state index contributed by atoms with van der Waals surface area (Å²) < 4.78 is 31.5. The molecule has 0 saturated carbocycles. The van der Waals surface area contributed by atoms with E-state index in [0.29, 0.717) is 11.5 Å². The van der Waals surface area contributed by atoms with Crippen molar-refractivity contribution in [3.8, 4) is 5.75 Å². The molecule has 0 aliphatic carbocycles. The average Bonchev–Trinajstić information content (AvgIpc) is 2.20. The molecule has 0 aromatic heterocycles. The van der Waals surface area contributed by atoms with Gasteiger partial charge in [-0.2, -0.15) is 0 Å². The third-order valence-corrected chi connectivity index (χ3v) is 2.68. The molecule has 0 spiro atoms. The minimum absolute atomic E-state index is 0.164. The molecule has 0 aliphatic heterocycles. The molecule has 84 valence electrons. The summed E-state index contributed by atoms with van der Waals surface area (Å²) in [4.78, 5) is 0.503. The Morgan fingerprint density at radius 1 is 1.33 bits per heavy atom. The number of halogens is 2. The third kappa shape index (κ3) is 3.38. The monoisotopic (exact) mass is 232 g/mol. The van der Waals surface area contributed by atoms with E-state index in [9.17, 15) is 8.78 Å². The zero-order valence-electron chi connectivity index (χ0n) is 8.85. The first-order chi connectivity index (χ1) is 7.19. The summed E-state index contributed by atoms with van der Waals surface area (Å²) in [5, 5.41) is 0. The van der Waals surface area contributed by atoms with Crippen LogP contribution in [0.3, 0.4) is 0 Å². The largest absolute Gasteiger partial charge is 0.489 e. The molecular weight excluding hydrogens is 218 g/mol. The van der Waals surface area contributed by atoms with Gasteiger partial charge in [-0.05, 0) is 18.7 Å². The average molecular weight is 232 g/mol. The van der Waals surface area contributed by atoms with Crippen LogP contribution in [0.4, 0.5) is 8.78 Å². The first-order valence-corrected chi connectivity index (χ1v) is 6.07. The first-order valence-electron chi connectivity index (χ1n) is 4.84. The fourth-order valence-electron chi connectivity index (χ4n) is 1.15. The van der Waals surface area contributed by atoms with E-state index in [1.54, 1.807) is 6.26 Å². The highest BCUT2D eigenvalue weighted by molar-refractivity contribution is 7.98. The lowest BCUT2D eigenvalue weighted by atomic mass is 10.3. The molecule has 0 heterocycles. The second kappa shape index (κ2) is 5.95. The highest BCUT2D eigenvalue weighted by Crippen LogP contribution is 2.31. The molecule has 0 saturated heterocycles. The number of unbranched alkanes of at least 4 members (excludes halogenated alkanes) is 1. The Labute approximate surface area is 92.8 Å². The van der Waals surface area contributed by atoms with E-state index in [-0.39, 0.29) is 5.75 Å². The fraction of sp³-hybridized carbons (Fsp3) is 0.455. The lowest BCUT2D eigenvalue weighted by Crippen LogP contribution is -2.00. The summed E-state index contributed by atoms with van der Waals surface area (Å²) in [5.41, 5.74) is 0. The summed E-state index contributed by atoms with van der Waals surface area (Å²) in [6.45, 7) is 2.49. The Kier molecular flexibility index (Phi) is 4.88. The summed E-state index contributed by atoms with van der Waals surface area (Å²) >= 11 is 1.28. The SMILES string of the molecule is CCCCOc1c(F)cc(F)cc1SC. The van der Waals surface area contributed by atoms with Gasteiger partial charge in [-0.3, -0.25) is 0 Å². The highest BCUT2D eigenvalue weighted by Gasteiger charge is 2.11. The maximum absolute atomic E-state index is 13.3. The van der Waals surface area contributed by atoms with Crippen LogP contribution in [0.15, 0.2) is 17.0 Å². The summed E-state index contributed by atoms with van der Waals surface area (Å²) in [6.07, 6.45) is 3.61. The van der Waals surface area contributed by atoms with Crippen molar-refractivity contribution < 1.29 is 13.5 Å². The summed E-state index contributed by atoms with van der Waals surface area (Å²) in [7, 11) is 0. The number of hydrogen-bond acceptors (Lipinski definition) is 2. The standard InChI is InChI=1S/C11H14F2OS/c1-3-4-5-14-11-9(13)6-8(12)7-10(11)15-2/h6-7H,3-5H2,1-2H3. The van der Waals surface area contributed by atoms with E-state index >= 15 is 0 Å². The number of rotatable bonds is 5. The van der Waals surface area contributed by atoms with E-state index in [0.717, 1.165) is 18.9 Å². The van der Waals surface area contributed by atoms with E-state index < -0.39 is 11.6 Å². The van der Waals surface area contributed by atoms with Gasteiger partial charge in [0.2, 0.25) is 0 Å². The number of thioether (sulfide) groups is 1. The zero-order valence-corrected chi connectivity index (χ0v) is 9.66. The van der Waals surface area contributed by atoms with Crippen LogP contribution >= 0.6 is 11.8 Å². The Hall–Kier alpha value is -0.770. The van der Waals surface area contributed by atoms with E-state index in [2.05, 4.69) is 0 Å². The van der Waals surface area contributed by atoms with Crippen molar-refractivity contribution in [1.29, 1.82) is 0 Å². The molecule has 1 aromatic carbocycles. The molecule has 0 amide bonds. The molecule has 1 aromatic rings. The molecule has 1 rings (SSSR count). The van der Waals surface area contributed by atoms with Crippen LogP contribution in [-0.4, -0.2) is 12.9 Å². The van der Waals surface area contributed by atoms with Crippen LogP contribution in [0.5, 0.6) is 5.75 Å². The van der Waals surface area contributed by atoms with Crippen LogP contribution in [0.25, 0.3) is 0 Å². The van der Waals surface area contributed by atoms with E-state index in [4.69, 9.17) is 4.74 Å². The topological polar surface area (TPSA) is 9.23 Å². The molecule has 0 radical (unpaired) electrons. The van der Waals surface area contributed by atoms with Crippen molar-refractivity contribution in [1.82, 2.24) is 0 Å². The predicted octanol–water partition coefficient (Wildman–Crippen LogP) is 3.87. The van der Waals surface area contributed by atoms with Gasteiger partial charge >= 0.3 is 0 Å². The van der Waals surface area contributed by atoms with Crippen molar-refractivity contribution in [2.75, 3.05) is 12.9 Å². The van der Waals surface area contributed by atoms with Crippen LogP contribution in [0.2, 0.25) is 0 Å². The Balaban J connectivity index is 2.84. The molecular formula is C11H14F2OS. The normalized spacial score (nSPS) is 10.4. The van der Waals surface area contributed by atoms with Crippen molar-refractivity contribution in [2.24, 2.45) is 0 Å². The van der Waals surface area contributed by atoms with Gasteiger partial charge in [-0.15, -0.1) is 11.8 Å². The lowest BCUT2D eigenvalue weighted by Gasteiger charge is -2.10. The molecule has 0 aliphatic rings. The maximum Gasteiger partial charge on any atom is 0.169 e. The van der Waals surface area contributed by atoms with Gasteiger partial charge in [-0.1, -0.05) is 13.3 Å². The van der Waals surface area contributed by atoms with E-state index in [1.807, 2.05) is 6.92 Å². The van der Waals surface area contributed by atoms with Gasteiger partial charge in [0.1, 0.15) is 5.82 Å². The lowest BCUT2D eigenvalue weighted by molar-refractivity contribution is 0.285. The third-order valence-electron chi connectivity index (χ3n) is 1.94. The van der Waals surface area contributed by atoms with Crippen molar-refractivity contribution in [2.45, 2.75) is 24.7 Å². The van der Waals surface area contributed by atoms with Gasteiger partial charge in [-0.25, -0.2) is 8.78 Å². The number of benzene rings is 1. The van der Waals surface area contributed by atoms with Gasteiger partial charge in [0.15, 0.2) is 11.6 Å². The Bertz CT molecular complexity index is 329. The molecule has 0 N–H and O–H groups in total. The molecule has 0 bridgehead atoms. The minimum Gasteiger partial charge on any atom is -0.489 e. The predicted molar refractivity (Wildman–Crippen MR) is 58.5 cm³/mol. The number of ether oxygens (including phenoxy) is 1. The first kappa shape index (κ1) is 12.3. The van der Waals surface area contributed by atoms with Crippen molar-refractivity contribution in [3.05, 3.63) is 23.8 Å². The van der Waals surface area contributed by atoms with Gasteiger partial charge < -0.3 is 4.74 Å². The quantitative estimate of drug-likeness (QED) is 0.563. The fourth-order valence-corrected chi connectivity index (χ4v) is 1.72. The van der Waals surface area contributed by atoms with Crippen LogP contribution in [0, 0.1) is 11.6 Å². The minimum atomic E-state index is -0.629. The molecule has 0 fully saturated rings. The molecule has 1 nitrogen and oxygen atoms in total. The molecule has 0 unspecified atom stereocenters. The second-order valence-corrected chi connectivity index (χ2v) is 3.97. The molecule has 15 heavy (non-hydrogen) atoms. The van der Waals surface area contributed by atoms with Gasteiger partial charge in [0, 0.05) is 6.07 Å². The van der Waals surface area contributed by atoms with Gasteiger partial charge in [0.05, 0.1) is 11.5 Å².